The minimum absolute atomic E-state index is 0.0683. The zero-order valence-corrected chi connectivity index (χ0v) is 20.8. The lowest BCUT2D eigenvalue weighted by Gasteiger charge is -2.19. The lowest BCUT2D eigenvalue weighted by Crippen LogP contribution is -2.21. The van der Waals surface area contributed by atoms with Gasteiger partial charge in [0.1, 0.15) is 5.82 Å². The third-order valence-corrected chi connectivity index (χ3v) is 6.93. The Hall–Kier alpha value is -3.21. The number of nitrogens with two attached hydrogens (primary N) is 2. The molecular formula is C30H39N5. The minimum atomic E-state index is 0.0683. The van der Waals surface area contributed by atoms with Crippen LogP contribution in [-0.4, -0.2) is 15.9 Å². The maximum Gasteiger partial charge on any atom is 0.191 e. The van der Waals surface area contributed by atoms with Crippen molar-refractivity contribution in [3.63, 3.8) is 0 Å². The predicted molar refractivity (Wildman–Crippen MR) is 146 cm³/mol. The third kappa shape index (κ3) is 7.91. The van der Waals surface area contributed by atoms with Gasteiger partial charge in [0.15, 0.2) is 5.96 Å². The highest BCUT2D eigenvalue weighted by molar-refractivity contribution is 5.79. The van der Waals surface area contributed by atoms with E-state index >= 15 is 0 Å². The van der Waals surface area contributed by atoms with Gasteiger partial charge in [0.2, 0.25) is 0 Å². The van der Waals surface area contributed by atoms with E-state index in [1.54, 1.807) is 0 Å². The number of guanidine groups is 1. The lowest BCUT2D eigenvalue weighted by molar-refractivity contribution is 0.449. The number of aliphatic imine (C=N–C) groups is 1. The summed E-state index contributed by atoms with van der Waals surface area (Å²) in [5, 5.41) is 0. The zero-order chi connectivity index (χ0) is 24.3. The van der Waals surface area contributed by atoms with Gasteiger partial charge in [-0.05, 0) is 55.9 Å². The third-order valence-electron chi connectivity index (χ3n) is 6.93. The SMILES string of the molecule is NC(N)=Nc1ccc(-c2cc(CCCc3ccccc3)nc(C3CCCCCCCCC3)n2)cc1. The van der Waals surface area contributed by atoms with E-state index in [0.29, 0.717) is 5.92 Å². The van der Waals surface area contributed by atoms with Crippen molar-refractivity contribution in [2.45, 2.75) is 83.0 Å². The molecule has 1 saturated carbocycles. The second-order valence-electron chi connectivity index (χ2n) is 9.77. The molecule has 0 atom stereocenters. The van der Waals surface area contributed by atoms with Crippen LogP contribution in [0.3, 0.4) is 0 Å². The van der Waals surface area contributed by atoms with Crippen LogP contribution in [0, 0.1) is 0 Å². The maximum atomic E-state index is 5.54. The van der Waals surface area contributed by atoms with Crippen molar-refractivity contribution < 1.29 is 0 Å². The van der Waals surface area contributed by atoms with E-state index in [1.165, 1.54) is 63.4 Å². The summed E-state index contributed by atoms with van der Waals surface area (Å²) >= 11 is 0. The number of aryl methyl sites for hydroxylation is 2. The summed E-state index contributed by atoms with van der Waals surface area (Å²) in [5.74, 6) is 1.55. The first-order valence-corrected chi connectivity index (χ1v) is 13.3. The topological polar surface area (TPSA) is 90.2 Å². The van der Waals surface area contributed by atoms with Crippen LogP contribution < -0.4 is 11.5 Å². The highest BCUT2D eigenvalue weighted by Gasteiger charge is 2.18. The zero-order valence-electron chi connectivity index (χ0n) is 20.8. The summed E-state index contributed by atoms with van der Waals surface area (Å²) in [6, 6.07) is 20.9. The minimum Gasteiger partial charge on any atom is -0.370 e. The van der Waals surface area contributed by atoms with Gasteiger partial charge in [-0.2, -0.15) is 0 Å². The Morgan fingerprint density at radius 1 is 0.771 bits per heavy atom. The van der Waals surface area contributed by atoms with Gasteiger partial charge in [0.05, 0.1) is 11.4 Å². The van der Waals surface area contributed by atoms with Crippen molar-refractivity contribution in [2.24, 2.45) is 16.5 Å². The van der Waals surface area contributed by atoms with Crippen LogP contribution in [0.4, 0.5) is 5.69 Å². The average Bonchev–Trinajstić information content (AvgIpc) is 2.88. The predicted octanol–water partition coefficient (Wildman–Crippen LogP) is 6.83. The van der Waals surface area contributed by atoms with E-state index in [9.17, 15) is 0 Å². The molecule has 0 bridgehead atoms. The van der Waals surface area contributed by atoms with Crippen LogP contribution in [0.5, 0.6) is 0 Å². The van der Waals surface area contributed by atoms with Gasteiger partial charge >= 0.3 is 0 Å². The van der Waals surface area contributed by atoms with Crippen molar-refractivity contribution in [1.29, 1.82) is 0 Å². The molecule has 35 heavy (non-hydrogen) atoms. The Balaban J connectivity index is 1.58. The molecule has 4 rings (SSSR count). The molecule has 0 aliphatic heterocycles. The molecule has 4 N–H and O–H groups in total. The molecule has 5 heteroatoms. The molecular weight excluding hydrogens is 430 g/mol. The van der Waals surface area contributed by atoms with Crippen LogP contribution in [0.2, 0.25) is 0 Å². The van der Waals surface area contributed by atoms with Gasteiger partial charge in [-0.15, -0.1) is 0 Å². The monoisotopic (exact) mass is 469 g/mol. The normalized spacial score (nSPS) is 15.4. The smallest absolute Gasteiger partial charge is 0.191 e. The van der Waals surface area contributed by atoms with Crippen LogP contribution >= 0.6 is 0 Å². The Labute approximate surface area is 210 Å². The number of nitrogens with zero attached hydrogens (tertiary/aromatic N) is 3. The summed E-state index contributed by atoms with van der Waals surface area (Å²) in [6.45, 7) is 0. The Morgan fingerprint density at radius 2 is 1.43 bits per heavy atom. The fraction of sp³-hybridized carbons (Fsp3) is 0.433. The first-order valence-electron chi connectivity index (χ1n) is 13.3. The van der Waals surface area contributed by atoms with Gasteiger partial charge in [0, 0.05) is 17.2 Å². The molecule has 1 heterocycles. The van der Waals surface area contributed by atoms with Crippen LogP contribution in [0.1, 0.15) is 87.2 Å². The van der Waals surface area contributed by atoms with Gasteiger partial charge < -0.3 is 11.5 Å². The summed E-state index contributed by atoms with van der Waals surface area (Å²) in [5.41, 5.74) is 16.4. The molecule has 5 nitrogen and oxygen atoms in total. The molecule has 0 spiro atoms. The van der Waals surface area contributed by atoms with E-state index in [-0.39, 0.29) is 5.96 Å². The Bertz CT molecular complexity index is 1060. The van der Waals surface area contributed by atoms with Crippen molar-refractivity contribution in [3.05, 3.63) is 77.7 Å². The van der Waals surface area contributed by atoms with Crippen molar-refractivity contribution >= 4 is 11.6 Å². The van der Waals surface area contributed by atoms with Gasteiger partial charge in [-0.1, -0.05) is 87.4 Å². The molecule has 0 unspecified atom stereocenters. The average molecular weight is 470 g/mol. The first-order chi connectivity index (χ1) is 17.2. The number of aromatic nitrogens is 2. The molecule has 1 fully saturated rings. The molecule has 0 radical (unpaired) electrons. The van der Waals surface area contributed by atoms with E-state index in [1.807, 2.05) is 12.1 Å². The van der Waals surface area contributed by atoms with E-state index < -0.39 is 0 Å². The van der Waals surface area contributed by atoms with Gasteiger partial charge in [-0.25, -0.2) is 15.0 Å². The molecule has 2 aromatic carbocycles. The van der Waals surface area contributed by atoms with Crippen molar-refractivity contribution in [3.8, 4) is 11.3 Å². The van der Waals surface area contributed by atoms with E-state index in [2.05, 4.69) is 53.5 Å². The fourth-order valence-corrected chi connectivity index (χ4v) is 5.02. The molecule has 1 aliphatic carbocycles. The molecule has 0 saturated heterocycles. The summed E-state index contributed by atoms with van der Waals surface area (Å²) < 4.78 is 0. The van der Waals surface area contributed by atoms with Crippen LogP contribution in [0.15, 0.2) is 65.7 Å². The second kappa shape index (κ2) is 13.0. The molecule has 0 amide bonds. The number of benzene rings is 2. The van der Waals surface area contributed by atoms with Crippen molar-refractivity contribution in [2.75, 3.05) is 0 Å². The van der Waals surface area contributed by atoms with Gasteiger partial charge in [-0.3, -0.25) is 0 Å². The van der Waals surface area contributed by atoms with E-state index in [0.717, 1.165) is 47.7 Å². The lowest BCUT2D eigenvalue weighted by atomic mass is 9.91. The fourth-order valence-electron chi connectivity index (χ4n) is 5.02. The number of hydrogen-bond donors (Lipinski definition) is 2. The maximum absolute atomic E-state index is 5.54. The van der Waals surface area contributed by atoms with Crippen LogP contribution in [-0.2, 0) is 12.8 Å². The largest absolute Gasteiger partial charge is 0.370 e. The highest BCUT2D eigenvalue weighted by Crippen LogP contribution is 2.30. The quantitative estimate of drug-likeness (QED) is 0.293. The van der Waals surface area contributed by atoms with Gasteiger partial charge in [0.25, 0.3) is 0 Å². The number of rotatable bonds is 7. The van der Waals surface area contributed by atoms with Crippen LogP contribution in [0.25, 0.3) is 11.3 Å². The molecule has 184 valence electrons. The van der Waals surface area contributed by atoms with E-state index in [4.69, 9.17) is 21.4 Å². The molecule has 1 aromatic heterocycles. The summed E-state index contributed by atoms with van der Waals surface area (Å²) in [4.78, 5) is 14.4. The Morgan fingerprint density at radius 3 is 2.09 bits per heavy atom. The Kier molecular flexibility index (Phi) is 9.27. The first kappa shape index (κ1) is 24.9. The molecule has 1 aliphatic rings. The second-order valence-corrected chi connectivity index (χ2v) is 9.77. The summed E-state index contributed by atoms with van der Waals surface area (Å²) in [7, 11) is 0. The highest BCUT2D eigenvalue weighted by atomic mass is 15.0. The number of hydrogen-bond acceptors (Lipinski definition) is 3. The standard InChI is InChI=1S/C30H39N5/c31-30(32)34-26-20-18-24(19-21-26)28-22-27(17-11-14-23-12-7-6-8-13-23)33-29(35-28)25-15-9-4-2-1-3-5-10-16-25/h6-8,12-13,18-22,25H,1-5,9-11,14-17H2,(H4,31,32,34). The van der Waals surface area contributed by atoms with Crippen molar-refractivity contribution in [1.82, 2.24) is 9.97 Å². The molecule has 3 aromatic rings. The summed E-state index contributed by atoms with van der Waals surface area (Å²) in [6.07, 6.45) is 14.8.